The molecule has 0 saturated heterocycles. The summed E-state index contributed by atoms with van der Waals surface area (Å²) in [5.74, 6) is 0.840. The predicted octanol–water partition coefficient (Wildman–Crippen LogP) is 3.52. The molecule has 1 heterocycles. The summed E-state index contributed by atoms with van der Waals surface area (Å²) in [5, 5.41) is 11.3. The number of nitrogens with zero attached hydrogens (tertiary/aromatic N) is 3. The second kappa shape index (κ2) is 8.13. The number of rotatable bonds is 3. The zero-order valence-corrected chi connectivity index (χ0v) is 16.8. The van der Waals surface area contributed by atoms with Crippen molar-refractivity contribution in [3.63, 3.8) is 0 Å². The van der Waals surface area contributed by atoms with E-state index in [9.17, 15) is 4.79 Å². The number of hydrogen-bond acceptors (Lipinski definition) is 5. The number of hydrogen-bond donors (Lipinski definition) is 1. The molecule has 24 heavy (non-hydrogen) atoms. The fourth-order valence-electron chi connectivity index (χ4n) is 2.63. The van der Waals surface area contributed by atoms with Gasteiger partial charge in [0.2, 0.25) is 0 Å². The topological polar surface area (TPSA) is 67.4 Å². The molecule has 1 unspecified atom stereocenters. The van der Waals surface area contributed by atoms with Crippen LogP contribution >= 0.6 is 22.6 Å². The van der Waals surface area contributed by atoms with Gasteiger partial charge >= 0.3 is 6.09 Å². The van der Waals surface area contributed by atoms with Gasteiger partial charge < -0.3 is 15.0 Å². The SMILES string of the molecule is CN(c1ccc(I)nn1)[C@H]1CC=CCC(NC(=O)OC(C)(C)C)C1. The van der Waals surface area contributed by atoms with Crippen molar-refractivity contribution in [3.05, 3.63) is 28.0 Å². The maximum atomic E-state index is 12.0. The molecule has 0 fully saturated rings. The second-order valence-electron chi connectivity index (χ2n) is 7.00. The van der Waals surface area contributed by atoms with Crippen molar-refractivity contribution in [1.82, 2.24) is 15.5 Å². The molecule has 1 aromatic rings. The Hall–Kier alpha value is -1.38. The third kappa shape index (κ3) is 5.92. The largest absolute Gasteiger partial charge is 0.444 e. The third-order valence-corrected chi connectivity index (χ3v) is 4.38. The molecule has 0 saturated carbocycles. The van der Waals surface area contributed by atoms with Crippen LogP contribution in [0.3, 0.4) is 0 Å². The van der Waals surface area contributed by atoms with Gasteiger partial charge in [-0.1, -0.05) is 12.2 Å². The highest BCUT2D eigenvalue weighted by atomic mass is 127. The zero-order chi connectivity index (χ0) is 17.7. The van der Waals surface area contributed by atoms with E-state index in [2.05, 4.69) is 55.2 Å². The van der Waals surface area contributed by atoms with Gasteiger partial charge in [-0.05, 0) is 74.8 Å². The summed E-state index contributed by atoms with van der Waals surface area (Å²) < 4.78 is 6.23. The van der Waals surface area contributed by atoms with Gasteiger partial charge in [-0.25, -0.2) is 4.79 Å². The van der Waals surface area contributed by atoms with Crippen molar-refractivity contribution < 1.29 is 9.53 Å². The fraction of sp³-hybridized carbons (Fsp3) is 0.588. The average molecular weight is 444 g/mol. The number of carbonyl (C=O) groups excluding carboxylic acids is 1. The van der Waals surface area contributed by atoms with E-state index in [1.54, 1.807) is 0 Å². The standard InChI is InChI=1S/C17H25IN4O2/c1-17(2,3)24-16(23)19-12-7-5-6-8-13(11-12)22(4)15-10-9-14(18)20-21-15/h5-6,9-10,12-13H,7-8,11H2,1-4H3,(H,19,23)/t12?,13-/m0/s1. The molecule has 7 heteroatoms. The minimum absolute atomic E-state index is 0.0443. The minimum atomic E-state index is -0.488. The van der Waals surface area contributed by atoms with Crippen molar-refractivity contribution >= 4 is 34.5 Å². The van der Waals surface area contributed by atoms with Crippen LogP contribution in [0, 0.1) is 3.70 Å². The smallest absolute Gasteiger partial charge is 0.407 e. The van der Waals surface area contributed by atoms with Gasteiger partial charge in [0.05, 0.1) is 0 Å². The minimum Gasteiger partial charge on any atom is -0.444 e. The van der Waals surface area contributed by atoms with Gasteiger partial charge in [-0.2, -0.15) is 0 Å². The van der Waals surface area contributed by atoms with E-state index in [1.165, 1.54) is 0 Å². The molecule has 2 rings (SSSR count). The molecule has 0 spiro atoms. The number of nitrogens with one attached hydrogen (secondary N) is 1. The van der Waals surface area contributed by atoms with E-state index in [0.717, 1.165) is 28.8 Å². The molecule has 132 valence electrons. The molecule has 1 aliphatic carbocycles. The highest BCUT2D eigenvalue weighted by molar-refractivity contribution is 14.1. The van der Waals surface area contributed by atoms with Crippen LogP contribution in [-0.4, -0.2) is 41.0 Å². The molecule has 1 amide bonds. The van der Waals surface area contributed by atoms with Crippen molar-refractivity contribution in [3.8, 4) is 0 Å². The quantitative estimate of drug-likeness (QED) is 0.571. The number of amides is 1. The summed E-state index contributed by atoms with van der Waals surface area (Å²) in [7, 11) is 2.02. The summed E-state index contributed by atoms with van der Waals surface area (Å²) in [6, 6.07) is 4.21. The molecule has 1 N–H and O–H groups in total. The van der Waals surface area contributed by atoms with Crippen LogP contribution in [0.1, 0.15) is 40.0 Å². The molecule has 6 nitrogen and oxygen atoms in total. The Morgan fingerprint density at radius 2 is 2.00 bits per heavy atom. The first-order valence-electron chi connectivity index (χ1n) is 8.11. The van der Waals surface area contributed by atoms with Gasteiger partial charge in [-0.3, -0.25) is 0 Å². The van der Waals surface area contributed by atoms with Crippen LogP contribution in [0.5, 0.6) is 0 Å². The normalized spacial score (nSPS) is 21.0. The van der Waals surface area contributed by atoms with Gasteiger partial charge in [0.25, 0.3) is 0 Å². The predicted molar refractivity (Wildman–Crippen MR) is 103 cm³/mol. The lowest BCUT2D eigenvalue weighted by Crippen LogP contribution is -2.43. The molecule has 0 aromatic carbocycles. The highest BCUT2D eigenvalue weighted by Gasteiger charge is 2.25. The maximum absolute atomic E-state index is 12.0. The van der Waals surface area contributed by atoms with E-state index in [4.69, 9.17) is 4.74 Å². The Morgan fingerprint density at radius 3 is 2.62 bits per heavy atom. The molecule has 2 atom stereocenters. The fourth-order valence-corrected chi connectivity index (χ4v) is 2.91. The summed E-state index contributed by atoms with van der Waals surface area (Å²) in [5.41, 5.74) is -0.488. The molecular weight excluding hydrogens is 419 g/mol. The number of aromatic nitrogens is 2. The first-order valence-corrected chi connectivity index (χ1v) is 9.19. The van der Waals surface area contributed by atoms with Crippen molar-refractivity contribution in [1.29, 1.82) is 0 Å². The second-order valence-corrected chi connectivity index (χ2v) is 8.11. The molecule has 0 aliphatic heterocycles. The van der Waals surface area contributed by atoms with Crippen molar-refractivity contribution in [2.45, 2.75) is 57.7 Å². The molecule has 0 bridgehead atoms. The molecule has 0 radical (unpaired) electrons. The van der Waals surface area contributed by atoms with Crippen LogP contribution in [0.15, 0.2) is 24.3 Å². The Morgan fingerprint density at radius 1 is 1.29 bits per heavy atom. The summed E-state index contributed by atoms with van der Waals surface area (Å²) >= 11 is 2.14. The van der Waals surface area contributed by atoms with Crippen LogP contribution in [0.2, 0.25) is 0 Å². The highest BCUT2D eigenvalue weighted by Crippen LogP contribution is 2.22. The Kier molecular flexibility index (Phi) is 6.42. The first-order chi connectivity index (χ1) is 11.2. The molecule has 1 aliphatic rings. The Labute approximate surface area is 157 Å². The summed E-state index contributed by atoms with van der Waals surface area (Å²) in [6.45, 7) is 5.60. The van der Waals surface area contributed by atoms with Gasteiger partial charge in [-0.15, -0.1) is 10.2 Å². The monoisotopic (exact) mass is 444 g/mol. The van der Waals surface area contributed by atoms with Gasteiger partial charge in [0.1, 0.15) is 9.30 Å². The van der Waals surface area contributed by atoms with Crippen LogP contribution in [0.4, 0.5) is 10.6 Å². The maximum Gasteiger partial charge on any atom is 0.407 e. The Bertz CT molecular complexity index is 583. The molecular formula is C17H25IN4O2. The first kappa shape index (κ1) is 19.0. The van der Waals surface area contributed by atoms with Crippen molar-refractivity contribution in [2.24, 2.45) is 0 Å². The van der Waals surface area contributed by atoms with E-state index in [1.807, 2.05) is 40.0 Å². The number of ether oxygens (including phenoxy) is 1. The van der Waals surface area contributed by atoms with Crippen LogP contribution in [-0.2, 0) is 4.74 Å². The van der Waals surface area contributed by atoms with Gasteiger partial charge in [0, 0.05) is 19.1 Å². The number of alkyl carbamates (subject to hydrolysis) is 1. The number of carbonyl (C=O) groups is 1. The Balaban J connectivity index is 2.00. The van der Waals surface area contributed by atoms with Crippen molar-refractivity contribution in [2.75, 3.05) is 11.9 Å². The lowest BCUT2D eigenvalue weighted by Gasteiger charge is -2.30. The summed E-state index contributed by atoms with van der Waals surface area (Å²) in [6.07, 6.45) is 6.47. The third-order valence-electron chi connectivity index (χ3n) is 3.80. The van der Waals surface area contributed by atoms with Crippen LogP contribution in [0.25, 0.3) is 0 Å². The zero-order valence-electron chi connectivity index (χ0n) is 14.6. The average Bonchev–Trinajstić information content (AvgIpc) is 2.71. The lowest BCUT2D eigenvalue weighted by molar-refractivity contribution is 0.0501. The van der Waals surface area contributed by atoms with E-state index in [0.29, 0.717) is 0 Å². The van der Waals surface area contributed by atoms with Gasteiger partial charge in [0.15, 0.2) is 5.82 Å². The number of halogens is 1. The lowest BCUT2D eigenvalue weighted by atomic mass is 10.0. The van der Waals surface area contributed by atoms with E-state index < -0.39 is 5.60 Å². The van der Waals surface area contributed by atoms with E-state index in [-0.39, 0.29) is 18.2 Å². The molecule has 1 aromatic heterocycles. The van der Waals surface area contributed by atoms with Crippen LogP contribution < -0.4 is 10.2 Å². The summed E-state index contributed by atoms with van der Waals surface area (Å²) in [4.78, 5) is 14.2. The number of anilines is 1. The van der Waals surface area contributed by atoms with E-state index >= 15 is 0 Å².